The molecule has 3 aromatic rings. The SMILES string of the molecule is O=C(CC(=O)C(F)(F)C(F)(F)F)c1ccc(P(c2ccccc2)c2ccccc2)cc1. The van der Waals surface area contributed by atoms with E-state index in [0.29, 0.717) is 0 Å². The maximum Gasteiger partial charge on any atom is 0.461 e. The molecule has 0 spiro atoms. The van der Waals surface area contributed by atoms with E-state index in [2.05, 4.69) is 0 Å². The number of Topliss-reactive ketones (excluding diaryl/α,β-unsaturated/α-hetero) is 2. The minimum Gasteiger partial charge on any atom is -0.294 e. The predicted molar refractivity (Wildman–Crippen MR) is 110 cm³/mol. The summed E-state index contributed by atoms with van der Waals surface area (Å²) < 4.78 is 63.2. The van der Waals surface area contributed by atoms with E-state index in [1.807, 2.05) is 60.7 Å². The Morgan fingerprint density at radius 3 is 1.48 bits per heavy atom. The molecule has 0 aliphatic rings. The van der Waals surface area contributed by atoms with Crippen LogP contribution < -0.4 is 15.9 Å². The molecule has 0 amide bonds. The topological polar surface area (TPSA) is 34.1 Å². The Labute approximate surface area is 176 Å². The number of hydrogen-bond acceptors (Lipinski definition) is 2. The maximum atomic E-state index is 13.1. The van der Waals surface area contributed by atoms with E-state index in [4.69, 9.17) is 0 Å². The van der Waals surface area contributed by atoms with Crippen molar-refractivity contribution in [2.24, 2.45) is 0 Å². The minimum absolute atomic E-state index is 0.105. The van der Waals surface area contributed by atoms with Crippen molar-refractivity contribution in [3.8, 4) is 0 Å². The highest BCUT2D eigenvalue weighted by Gasteiger charge is 2.62. The molecule has 0 N–H and O–H groups in total. The van der Waals surface area contributed by atoms with Crippen LogP contribution in [0.2, 0.25) is 0 Å². The summed E-state index contributed by atoms with van der Waals surface area (Å²) in [5.74, 6) is -9.12. The summed E-state index contributed by atoms with van der Waals surface area (Å²) in [6.07, 6.45) is -7.56. The van der Waals surface area contributed by atoms with Crippen molar-refractivity contribution < 1.29 is 31.5 Å². The van der Waals surface area contributed by atoms with Crippen LogP contribution in [-0.4, -0.2) is 23.7 Å². The third-order valence-electron chi connectivity index (χ3n) is 4.50. The molecule has 31 heavy (non-hydrogen) atoms. The molecule has 0 fully saturated rings. The van der Waals surface area contributed by atoms with Gasteiger partial charge in [-0.05, 0) is 23.8 Å². The van der Waals surface area contributed by atoms with Crippen molar-refractivity contribution in [2.75, 3.05) is 0 Å². The molecule has 2 nitrogen and oxygen atoms in total. The smallest absolute Gasteiger partial charge is 0.294 e. The second kappa shape index (κ2) is 9.06. The van der Waals surface area contributed by atoms with Gasteiger partial charge in [-0.25, -0.2) is 0 Å². The molecule has 0 atom stereocenters. The van der Waals surface area contributed by atoms with E-state index in [1.54, 1.807) is 12.1 Å². The van der Waals surface area contributed by atoms with Crippen LogP contribution in [0.4, 0.5) is 22.0 Å². The Morgan fingerprint density at radius 1 is 0.645 bits per heavy atom. The normalized spacial score (nSPS) is 12.1. The van der Waals surface area contributed by atoms with Crippen molar-refractivity contribution in [2.45, 2.75) is 18.5 Å². The van der Waals surface area contributed by atoms with Gasteiger partial charge in [0.2, 0.25) is 5.78 Å². The Bertz CT molecular complexity index is 1010. The first-order valence-corrected chi connectivity index (χ1v) is 10.5. The highest BCUT2D eigenvalue weighted by Crippen LogP contribution is 2.37. The highest BCUT2D eigenvalue weighted by molar-refractivity contribution is 7.79. The summed E-state index contributed by atoms with van der Waals surface area (Å²) in [6, 6.07) is 25.2. The summed E-state index contributed by atoms with van der Waals surface area (Å²) in [5.41, 5.74) is -0.105. The molecule has 0 heterocycles. The number of rotatable bonds is 7. The molecule has 0 radical (unpaired) electrons. The Morgan fingerprint density at radius 2 is 1.06 bits per heavy atom. The maximum absolute atomic E-state index is 13.1. The van der Waals surface area contributed by atoms with Crippen LogP contribution in [0.5, 0.6) is 0 Å². The van der Waals surface area contributed by atoms with Crippen LogP contribution >= 0.6 is 7.92 Å². The van der Waals surface area contributed by atoms with Crippen molar-refractivity contribution in [1.29, 1.82) is 0 Å². The lowest BCUT2D eigenvalue weighted by Crippen LogP contribution is -2.44. The second-order valence-corrected chi connectivity index (χ2v) is 8.87. The number of ketones is 2. The average Bonchev–Trinajstić information content (AvgIpc) is 2.75. The summed E-state index contributed by atoms with van der Waals surface area (Å²) in [6.45, 7) is 0. The van der Waals surface area contributed by atoms with Gasteiger partial charge in [-0.15, -0.1) is 0 Å². The third-order valence-corrected chi connectivity index (χ3v) is 6.95. The lowest BCUT2D eigenvalue weighted by atomic mass is 10.0. The fraction of sp³-hybridized carbons (Fsp3) is 0.130. The second-order valence-electron chi connectivity index (χ2n) is 6.65. The monoisotopic (exact) mass is 450 g/mol. The Kier molecular flexibility index (Phi) is 6.65. The molecule has 3 aromatic carbocycles. The van der Waals surface area contributed by atoms with E-state index in [9.17, 15) is 31.5 Å². The van der Waals surface area contributed by atoms with Crippen molar-refractivity contribution in [3.05, 3.63) is 90.5 Å². The van der Waals surface area contributed by atoms with Gasteiger partial charge in [0.25, 0.3) is 0 Å². The van der Waals surface area contributed by atoms with Crippen molar-refractivity contribution >= 4 is 35.4 Å². The Balaban J connectivity index is 1.85. The van der Waals surface area contributed by atoms with Gasteiger partial charge in [-0.3, -0.25) is 9.59 Å². The fourth-order valence-electron chi connectivity index (χ4n) is 2.91. The van der Waals surface area contributed by atoms with Gasteiger partial charge in [0.1, 0.15) is 0 Å². The van der Waals surface area contributed by atoms with E-state index >= 15 is 0 Å². The van der Waals surface area contributed by atoms with Crippen molar-refractivity contribution in [1.82, 2.24) is 0 Å². The van der Waals surface area contributed by atoms with Gasteiger partial charge in [0.05, 0.1) is 6.42 Å². The molecule has 8 heteroatoms. The lowest BCUT2D eigenvalue weighted by Gasteiger charge is -2.19. The zero-order valence-corrected chi connectivity index (χ0v) is 16.8. The largest absolute Gasteiger partial charge is 0.461 e. The molecular weight excluding hydrogens is 434 g/mol. The molecular formula is C23H16F5O2P. The summed E-state index contributed by atoms with van der Waals surface area (Å²) in [4.78, 5) is 23.5. The zero-order valence-electron chi connectivity index (χ0n) is 15.9. The summed E-state index contributed by atoms with van der Waals surface area (Å²) in [7, 11) is -0.975. The van der Waals surface area contributed by atoms with Crippen LogP contribution in [0.1, 0.15) is 16.8 Å². The number of benzene rings is 3. The van der Waals surface area contributed by atoms with E-state index < -0.39 is 38.0 Å². The van der Waals surface area contributed by atoms with E-state index in [-0.39, 0.29) is 5.56 Å². The van der Waals surface area contributed by atoms with Crippen LogP contribution in [0.15, 0.2) is 84.9 Å². The highest BCUT2D eigenvalue weighted by atomic mass is 31.1. The molecule has 0 aliphatic carbocycles. The molecule has 160 valence electrons. The minimum atomic E-state index is -6.03. The van der Waals surface area contributed by atoms with E-state index in [0.717, 1.165) is 15.9 Å². The zero-order chi connectivity index (χ0) is 22.6. The van der Waals surface area contributed by atoms with Gasteiger partial charge >= 0.3 is 12.1 Å². The molecule has 3 rings (SSSR count). The molecule has 0 bridgehead atoms. The van der Waals surface area contributed by atoms with Crippen LogP contribution in [0.25, 0.3) is 0 Å². The molecule has 0 aromatic heterocycles. The first kappa shape index (κ1) is 22.8. The molecule has 0 saturated carbocycles. The van der Waals surface area contributed by atoms with Crippen molar-refractivity contribution in [3.63, 3.8) is 0 Å². The van der Waals surface area contributed by atoms with Crippen LogP contribution in [-0.2, 0) is 4.79 Å². The average molecular weight is 450 g/mol. The molecule has 0 aliphatic heterocycles. The number of carbonyl (C=O) groups is 2. The molecule has 0 saturated heterocycles. The van der Waals surface area contributed by atoms with Gasteiger partial charge in [-0.1, -0.05) is 84.9 Å². The first-order chi connectivity index (χ1) is 14.6. The number of hydrogen-bond donors (Lipinski definition) is 0. The Hall–Kier alpha value is -2.92. The standard InChI is InChI=1S/C23H16F5O2P/c24-22(25,23(26,27)28)21(30)15-20(29)16-11-13-19(14-12-16)31(17-7-3-1-4-8-17)18-9-5-2-6-10-18/h1-14H,15H2. The van der Waals surface area contributed by atoms with Crippen LogP contribution in [0.3, 0.4) is 0 Å². The van der Waals surface area contributed by atoms with Gasteiger partial charge < -0.3 is 0 Å². The lowest BCUT2D eigenvalue weighted by molar-refractivity contribution is -0.268. The van der Waals surface area contributed by atoms with Crippen LogP contribution in [0, 0.1) is 0 Å². The third kappa shape index (κ3) is 5.05. The first-order valence-electron chi connectivity index (χ1n) is 9.12. The summed E-state index contributed by atoms with van der Waals surface area (Å²) >= 11 is 0. The number of carbonyl (C=O) groups excluding carboxylic acids is 2. The molecule has 0 unspecified atom stereocenters. The van der Waals surface area contributed by atoms with Gasteiger partial charge in [0, 0.05) is 5.56 Å². The predicted octanol–water partition coefficient (Wildman–Crippen LogP) is 4.78. The van der Waals surface area contributed by atoms with E-state index in [1.165, 1.54) is 12.1 Å². The number of halogens is 5. The number of alkyl halides is 5. The van der Waals surface area contributed by atoms with Gasteiger partial charge in [-0.2, -0.15) is 22.0 Å². The summed E-state index contributed by atoms with van der Waals surface area (Å²) in [5, 5.41) is 2.95. The quantitative estimate of drug-likeness (QED) is 0.225. The van der Waals surface area contributed by atoms with Gasteiger partial charge in [0.15, 0.2) is 5.78 Å². The fourth-order valence-corrected chi connectivity index (χ4v) is 5.20.